The first-order chi connectivity index (χ1) is 7.24. The number of nitrogens with one attached hydrogen (secondary N) is 1. The smallest absolute Gasteiger partial charge is 0.0457 e. The number of H-pyrrole nitrogens is 1. The Morgan fingerprint density at radius 3 is 2.80 bits per heavy atom. The molecular formula is C13H17N2. The van der Waals surface area contributed by atoms with Crippen LogP contribution in [0.15, 0.2) is 30.5 Å². The van der Waals surface area contributed by atoms with Gasteiger partial charge in [-0.25, -0.2) is 0 Å². The van der Waals surface area contributed by atoms with Gasteiger partial charge in [0.05, 0.1) is 0 Å². The molecule has 15 heavy (non-hydrogen) atoms. The van der Waals surface area contributed by atoms with E-state index < -0.39 is 0 Å². The zero-order valence-corrected chi connectivity index (χ0v) is 9.33. The topological polar surface area (TPSA) is 19.0 Å². The summed E-state index contributed by atoms with van der Waals surface area (Å²) in [6, 6.07) is 8.92. The van der Waals surface area contributed by atoms with Crippen LogP contribution in [0.5, 0.6) is 0 Å². The van der Waals surface area contributed by atoms with Gasteiger partial charge in [0.1, 0.15) is 0 Å². The van der Waals surface area contributed by atoms with Gasteiger partial charge in [0.25, 0.3) is 0 Å². The molecule has 0 aliphatic heterocycles. The highest BCUT2D eigenvalue weighted by Gasteiger charge is 2.14. The van der Waals surface area contributed by atoms with Crippen molar-refractivity contribution in [3.8, 4) is 0 Å². The maximum Gasteiger partial charge on any atom is 0.0457 e. The van der Waals surface area contributed by atoms with E-state index in [2.05, 4.69) is 55.2 Å². The van der Waals surface area contributed by atoms with Crippen LogP contribution >= 0.6 is 0 Å². The lowest BCUT2D eigenvalue weighted by molar-refractivity contribution is 0.302. The van der Waals surface area contributed by atoms with Gasteiger partial charge in [-0.2, -0.15) is 0 Å². The third-order valence-corrected chi connectivity index (χ3v) is 2.88. The molecule has 0 spiro atoms. The van der Waals surface area contributed by atoms with E-state index in [4.69, 9.17) is 0 Å². The summed E-state index contributed by atoms with van der Waals surface area (Å²) < 4.78 is 0. The van der Waals surface area contributed by atoms with E-state index in [1.807, 2.05) is 6.20 Å². The predicted octanol–water partition coefficient (Wildman–Crippen LogP) is 2.99. The molecule has 1 aromatic heterocycles. The van der Waals surface area contributed by atoms with E-state index in [-0.39, 0.29) is 0 Å². The highest BCUT2D eigenvalue weighted by molar-refractivity contribution is 5.83. The van der Waals surface area contributed by atoms with Gasteiger partial charge in [0.15, 0.2) is 0 Å². The summed E-state index contributed by atoms with van der Waals surface area (Å²) in [5.74, 6) is 0. The minimum absolute atomic E-state index is 0.393. The first-order valence-corrected chi connectivity index (χ1v) is 5.25. The molecule has 2 aromatic rings. The van der Waals surface area contributed by atoms with Crippen LogP contribution in [0.4, 0.5) is 0 Å². The van der Waals surface area contributed by atoms with Gasteiger partial charge < -0.3 is 9.88 Å². The molecule has 79 valence electrons. The Bertz CT molecular complexity index is 442. The summed E-state index contributed by atoms with van der Waals surface area (Å²) in [6.07, 6.45) is 2.88. The summed E-state index contributed by atoms with van der Waals surface area (Å²) in [7, 11) is 4.20. The van der Waals surface area contributed by atoms with Crippen molar-refractivity contribution in [3.05, 3.63) is 42.9 Å². The van der Waals surface area contributed by atoms with Crippen molar-refractivity contribution in [1.82, 2.24) is 9.88 Å². The lowest BCUT2D eigenvalue weighted by Crippen LogP contribution is -2.19. The van der Waals surface area contributed by atoms with E-state index in [9.17, 15) is 0 Å². The Labute approximate surface area is 90.9 Å². The van der Waals surface area contributed by atoms with Crippen molar-refractivity contribution >= 4 is 10.9 Å². The minimum Gasteiger partial charge on any atom is -0.361 e. The van der Waals surface area contributed by atoms with Crippen molar-refractivity contribution in [2.75, 3.05) is 14.1 Å². The summed E-state index contributed by atoms with van der Waals surface area (Å²) >= 11 is 0. The van der Waals surface area contributed by atoms with Gasteiger partial charge in [-0.15, -0.1) is 0 Å². The van der Waals surface area contributed by atoms with Crippen molar-refractivity contribution in [2.24, 2.45) is 0 Å². The van der Waals surface area contributed by atoms with Crippen LogP contribution in [0.3, 0.4) is 0 Å². The fourth-order valence-corrected chi connectivity index (χ4v) is 2.09. The molecule has 2 heteroatoms. The highest BCUT2D eigenvalue weighted by atomic mass is 15.1. The quantitative estimate of drug-likeness (QED) is 0.808. The van der Waals surface area contributed by atoms with Crippen LogP contribution < -0.4 is 0 Å². The first-order valence-electron chi connectivity index (χ1n) is 5.25. The van der Waals surface area contributed by atoms with E-state index in [0.29, 0.717) is 6.04 Å². The Balaban J connectivity index is 2.54. The fraction of sp³-hybridized carbons (Fsp3) is 0.308. The lowest BCUT2D eigenvalue weighted by atomic mass is 10.00. The van der Waals surface area contributed by atoms with E-state index in [1.54, 1.807) is 0 Å². The fourth-order valence-electron chi connectivity index (χ4n) is 2.09. The van der Waals surface area contributed by atoms with Crippen LogP contribution in [-0.4, -0.2) is 24.0 Å². The second-order valence-corrected chi connectivity index (χ2v) is 4.05. The van der Waals surface area contributed by atoms with E-state index in [1.165, 1.54) is 16.5 Å². The van der Waals surface area contributed by atoms with Gasteiger partial charge in [-0.05, 0) is 38.2 Å². The van der Waals surface area contributed by atoms with Crippen LogP contribution in [0.1, 0.15) is 18.0 Å². The molecule has 0 bridgehead atoms. The molecule has 2 nitrogen and oxygen atoms in total. The highest BCUT2D eigenvalue weighted by Crippen LogP contribution is 2.28. The second kappa shape index (κ2) is 4.07. The maximum atomic E-state index is 4.02. The molecule has 0 saturated carbocycles. The summed E-state index contributed by atoms with van der Waals surface area (Å²) in [5, 5.41) is 1.31. The summed E-state index contributed by atoms with van der Waals surface area (Å²) in [5.41, 5.74) is 2.56. The van der Waals surface area contributed by atoms with Crippen molar-refractivity contribution < 1.29 is 0 Å². The molecular weight excluding hydrogens is 184 g/mol. The van der Waals surface area contributed by atoms with Crippen LogP contribution in [0.2, 0.25) is 0 Å². The third kappa shape index (κ3) is 1.77. The Hall–Kier alpha value is -1.28. The molecule has 0 aliphatic rings. The molecule has 0 amide bonds. The Kier molecular flexibility index (Phi) is 2.78. The maximum absolute atomic E-state index is 4.02. The summed E-state index contributed by atoms with van der Waals surface area (Å²) in [4.78, 5) is 5.46. The van der Waals surface area contributed by atoms with Crippen molar-refractivity contribution in [3.63, 3.8) is 0 Å². The van der Waals surface area contributed by atoms with Gasteiger partial charge in [-0.3, -0.25) is 0 Å². The number of hydrogen-bond acceptors (Lipinski definition) is 1. The van der Waals surface area contributed by atoms with E-state index >= 15 is 0 Å². The predicted molar refractivity (Wildman–Crippen MR) is 64.7 cm³/mol. The average molecular weight is 201 g/mol. The molecule has 1 atom stereocenters. The minimum atomic E-state index is 0.393. The molecule has 0 fully saturated rings. The zero-order valence-electron chi connectivity index (χ0n) is 9.33. The summed E-state index contributed by atoms with van der Waals surface area (Å²) in [6.45, 7) is 4.02. The Morgan fingerprint density at radius 2 is 2.13 bits per heavy atom. The van der Waals surface area contributed by atoms with Crippen molar-refractivity contribution in [1.29, 1.82) is 0 Å². The number of benzene rings is 1. The number of rotatable bonds is 3. The SMILES string of the molecule is [CH2]CC(c1cccc2[nH]ccc12)N(C)C. The molecule has 1 aromatic carbocycles. The van der Waals surface area contributed by atoms with Crippen LogP contribution in [0, 0.1) is 6.92 Å². The Morgan fingerprint density at radius 1 is 1.33 bits per heavy atom. The van der Waals surface area contributed by atoms with Crippen molar-refractivity contribution in [2.45, 2.75) is 12.5 Å². The third-order valence-electron chi connectivity index (χ3n) is 2.88. The average Bonchev–Trinajstić information content (AvgIpc) is 2.66. The number of nitrogens with zero attached hydrogens (tertiary/aromatic N) is 1. The first kappa shape index (κ1) is 10.2. The van der Waals surface area contributed by atoms with Gasteiger partial charge in [0, 0.05) is 23.1 Å². The molecule has 2 rings (SSSR count). The van der Waals surface area contributed by atoms with Crippen LogP contribution in [0.25, 0.3) is 10.9 Å². The largest absolute Gasteiger partial charge is 0.361 e. The lowest BCUT2D eigenvalue weighted by Gasteiger charge is -2.23. The normalized spacial score (nSPS) is 13.6. The molecule has 0 saturated heterocycles. The van der Waals surface area contributed by atoms with E-state index in [0.717, 1.165) is 6.42 Å². The molecule has 1 heterocycles. The molecule has 0 aliphatic carbocycles. The van der Waals surface area contributed by atoms with Crippen LogP contribution in [-0.2, 0) is 0 Å². The standard InChI is InChI=1S/C13H17N2/c1-4-13(15(2)3)11-6-5-7-12-10(11)8-9-14-12/h5-9,13-14H,1,4H2,2-3H3. The number of aromatic amines is 1. The molecule has 1 unspecified atom stereocenters. The number of hydrogen-bond donors (Lipinski definition) is 1. The molecule has 1 N–H and O–H groups in total. The number of aromatic nitrogens is 1. The monoisotopic (exact) mass is 201 g/mol. The second-order valence-electron chi connectivity index (χ2n) is 4.05. The zero-order chi connectivity index (χ0) is 10.8. The van der Waals surface area contributed by atoms with Gasteiger partial charge in [-0.1, -0.05) is 19.1 Å². The van der Waals surface area contributed by atoms with Gasteiger partial charge in [0.2, 0.25) is 0 Å². The van der Waals surface area contributed by atoms with Gasteiger partial charge >= 0.3 is 0 Å². The molecule has 1 radical (unpaired) electrons. The number of fused-ring (bicyclic) bond motifs is 1.